The Balaban J connectivity index is 1.96. The number of fused-ring (bicyclic) bond motifs is 1. The van der Waals surface area contributed by atoms with Gasteiger partial charge in [0, 0.05) is 10.5 Å². The Morgan fingerprint density at radius 1 is 1.17 bits per heavy atom. The molecule has 1 N–H and O–H groups in total. The summed E-state index contributed by atoms with van der Waals surface area (Å²) in [5.41, 5.74) is 3.38. The molecule has 1 heterocycles. The Kier molecular flexibility index (Phi) is 4.87. The lowest BCUT2D eigenvalue weighted by molar-refractivity contribution is 0.352. The lowest BCUT2D eigenvalue weighted by Crippen LogP contribution is -2.31. The van der Waals surface area contributed by atoms with E-state index >= 15 is 0 Å². The molecule has 2 aromatic carbocycles. The third-order valence-electron chi connectivity index (χ3n) is 4.24. The summed E-state index contributed by atoms with van der Waals surface area (Å²) < 4.78 is 25.3. The number of methoxy groups -OCH3 is 2. The molecule has 0 saturated heterocycles. The maximum Gasteiger partial charge on any atom is 0.161 e. The van der Waals surface area contributed by atoms with Crippen molar-refractivity contribution in [3.8, 4) is 11.5 Å². The van der Waals surface area contributed by atoms with E-state index in [2.05, 4.69) is 21.2 Å². The van der Waals surface area contributed by atoms with Gasteiger partial charge in [0.2, 0.25) is 0 Å². The summed E-state index contributed by atoms with van der Waals surface area (Å²) in [6, 6.07) is 8.99. The van der Waals surface area contributed by atoms with Crippen LogP contribution in [0.4, 0.5) is 4.39 Å². The van der Waals surface area contributed by atoms with Crippen molar-refractivity contribution in [2.45, 2.75) is 18.9 Å². The van der Waals surface area contributed by atoms with Crippen LogP contribution in [-0.2, 0) is 12.8 Å². The summed E-state index contributed by atoms with van der Waals surface area (Å²) in [4.78, 5) is 0. The van der Waals surface area contributed by atoms with Gasteiger partial charge in [0.05, 0.1) is 14.2 Å². The molecule has 0 spiro atoms. The van der Waals surface area contributed by atoms with Gasteiger partial charge >= 0.3 is 0 Å². The zero-order valence-corrected chi connectivity index (χ0v) is 14.7. The first kappa shape index (κ1) is 16.3. The van der Waals surface area contributed by atoms with Crippen molar-refractivity contribution in [2.24, 2.45) is 0 Å². The first-order valence-corrected chi connectivity index (χ1v) is 8.33. The van der Waals surface area contributed by atoms with Crippen LogP contribution < -0.4 is 14.8 Å². The smallest absolute Gasteiger partial charge is 0.161 e. The number of nitrogens with one attached hydrogen (secondary N) is 1. The monoisotopic (exact) mass is 379 g/mol. The van der Waals surface area contributed by atoms with Gasteiger partial charge in [0.25, 0.3) is 0 Å². The molecule has 0 aromatic heterocycles. The largest absolute Gasteiger partial charge is 0.493 e. The Morgan fingerprint density at radius 2 is 1.91 bits per heavy atom. The highest BCUT2D eigenvalue weighted by Gasteiger charge is 2.23. The molecular weight excluding hydrogens is 361 g/mol. The van der Waals surface area contributed by atoms with E-state index in [0.717, 1.165) is 34.5 Å². The molecule has 0 saturated carbocycles. The second-order valence-electron chi connectivity index (χ2n) is 5.60. The second-order valence-corrected chi connectivity index (χ2v) is 6.46. The van der Waals surface area contributed by atoms with E-state index < -0.39 is 0 Å². The minimum atomic E-state index is -0.216. The van der Waals surface area contributed by atoms with Crippen LogP contribution in [0.3, 0.4) is 0 Å². The molecule has 1 aliphatic heterocycles. The molecule has 1 aliphatic rings. The minimum absolute atomic E-state index is 0.122. The van der Waals surface area contributed by atoms with Crippen LogP contribution in [0.15, 0.2) is 34.8 Å². The first-order chi connectivity index (χ1) is 11.1. The molecule has 5 heteroatoms. The fraction of sp³-hybridized carbons (Fsp3) is 0.333. The minimum Gasteiger partial charge on any atom is -0.493 e. The van der Waals surface area contributed by atoms with E-state index in [1.165, 1.54) is 17.2 Å². The van der Waals surface area contributed by atoms with Gasteiger partial charge in [-0.3, -0.25) is 0 Å². The molecule has 0 amide bonds. The lowest BCUT2D eigenvalue weighted by atomic mass is 9.90. The molecule has 3 nitrogen and oxygen atoms in total. The Labute approximate surface area is 143 Å². The van der Waals surface area contributed by atoms with Gasteiger partial charge in [0.15, 0.2) is 11.5 Å². The van der Waals surface area contributed by atoms with Gasteiger partial charge < -0.3 is 14.8 Å². The molecule has 1 unspecified atom stereocenters. The van der Waals surface area contributed by atoms with Crippen LogP contribution in [0.5, 0.6) is 11.5 Å². The lowest BCUT2D eigenvalue weighted by Gasteiger charge is -2.28. The maximum atomic E-state index is 13.5. The van der Waals surface area contributed by atoms with Crippen LogP contribution in [0.1, 0.15) is 22.7 Å². The number of benzene rings is 2. The van der Waals surface area contributed by atoms with Gasteiger partial charge in [0.1, 0.15) is 5.82 Å². The number of ether oxygens (including phenoxy) is 2. The Bertz CT molecular complexity index is 720. The van der Waals surface area contributed by atoms with E-state index in [1.54, 1.807) is 26.4 Å². The normalized spacial score (nSPS) is 16.8. The number of hydrogen-bond donors (Lipinski definition) is 1. The van der Waals surface area contributed by atoms with Crippen LogP contribution in [0.25, 0.3) is 0 Å². The van der Waals surface area contributed by atoms with Crippen LogP contribution in [-0.4, -0.2) is 20.8 Å². The number of halogens is 2. The summed E-state index contributed by atoms with van der Waals surface area (Å²) in [6.45, 7) is 0.889. The topological polar surface area (TPSA) is 30.5 Å². The highest BCUT2D eigenvalue weighted by Crippen LogP contribution is 2.36. The molecule has 1 atom stereocenters. The first-order valence-electron chi connectivity index (χ1n) is 7.54. The Morgan fingerprint density at radius 3 is 2.65 bits per heavy atom. The SMILES string of the molecule is COc1cc2c(cc1OC)C(Cc1cc(F)ccc1Br)NCC2. The van der Waals surface area contributed by atoms with Crippen LogP contribution in [0.2, 0.25) is 0 Å². The highest BCUT2D eigenvalue weighted by molar-refractivity contribution is 9.10. The average molecular weight is 380 g/mol. The van der Waals surface area contributed by atoms with Crippen molar-refractivity contribution in [2.75, 3.05) is 20.8 Å². The predicted octanol–water partition coefficient (Wildman–Crippen LogP) is 4.03. The van der Waals surface area contributed by atoms with Gasteiger partial charge in [-0.2, -0.15) is 0 Å². The van der Waals surface area contributed by atoms with Gasteiger partial charge in [-0.1, -0.05) is 15.9 Å². The van der Waals surface area contributed by atoms with E-state index in [1.807, 2.05) is 12.1 Å². The summed E-state index contributed by atoms with van der Waals surface area (Å²) in [5.74, 6) is 1.25. The molecular formula is C18H19BrFNO2. The fourth-order valence-electron chi connectivity index (χ4n) is 3.07. The quantitative estimate of drug-likeness (QED) is 0.869. The van der Waals surface area contributed by atoms with Gasteiger partial charge in [-0.25, -0.2) is 4.39 Å². The number of hydrogen-bond acceptors (Lipinski definition) is 3. The standard InChI is InChI=1S/C18H19BrFNO2/c1-22-17-9-11-5-6-21-16(14(11)10-18(17)23-2)8-12-7-13(20)3-4-15(12)19/h3-4,7,9-10,16,21H,5-6,8H2,1-2H3. The van der Waals surface area contributed by atoms with Gasteiger partial charge in [-0.05, 0) is 66.4 Å². The van der Waals surface area contributed by atoms with Crippen molar-refractivity contribution in [3.05, 3.63) is 57.3 Å². The summed E-state index contributed by atoms with van der Waals surface area (Å²) in [5, 5.41) is 3.52. The predicted molar refractivity (Wildman–Crippen MR) is 91.8 cm³/mol. The molecule has 2 aromatic rings. The van der Waals surface area contributed by atoms with E-state index in [0.29, 0.717) is 6.42 Å². The third-order valence-corrected chi connectivity index (χ3v) is 5.01. The average Bonchev–Trinajstić information content (AvgIpc) is 2.57. The van der Waals surface area contributed by atoms with E-state index in [4.69, 9.17) is 9.47 Å². The van der Waals surface area contributed by atoms with E-state index in [9.17, 15) is 4.39 Å². The fourth-order valence-corrected chi connectivity index (χ4v) is 3.48. The van der Waals surface area contributed by atoms with Crippen molar-refractivity contribution in [1.29, 1.82) is 0 Å². The number of rotatable bonds is 4. The molecule has 0 bridgehead atoms. The van der Waals surface area contributed by atoms with Crippen molar-refractivity contribution >= 4 is 15.9 Å². The van der Waals surface area contributed by atoms with E-state index in [-0.39, 0.29) is 11.9 Å². The molecule has 0 radical (unpaired) electrons. The zero-order chi connectivity index (χ0) is 16.4. The summed E-state index contributed by atoms with van der Waals surface area (Å²) in [7, 11) is 3.28. The Hall–Kier alpha value is -1.59. The molecule has 3 rings (SSSR count). The zero-order valence-electron chi connectivity index (χ0n) is 13.2. The molecule has 0 aliphatic carbocycles. The van der Waals surface area contributed by atoms with Crippen LogP contribution in [0, 0.1) is 5.82 Å². The van der Waals surface area contributed by atoms with Crippen LogP contribution >= 0.6 is 15.9 Å². The molecule has 122 valence electrons. The maximum absolute atomic E-state index is 13.5. The van der Waals surface area contributed by atoms with Gasteiger partial charge in [-0.15, -0.1) is 0 Å². The summed E-state index contributed by atoms with van der Waals surface area (Å²) in [6.07, 6.45) is 1.65. The highest BCUT2D eigenvalue weighted by atomic mass is 79.9. The molecule has 0 fully saturated rings. The third kappa shape index (κ3) is 3.35. The molecule has 23 heavy (non-hydrogen) atoms. The second kappa shape index (κ2) is 6.89. The van der Waals surface area contributed by atoms with Crippen molar-refractivity contribution < 1.29 is 13.9 Å². The summed E-state index contributed by atoms with van der Waals surface area (Å²) >= 11 is 3.51. The van der Waals surface area contributed by atoms with Crippen molar-refractivity contribution in [3.63, 3.8) is 0 Å². The van der Waals surface area contributed by atoms with Crippen molar-refractivity contribution in [1.82, 2.24) is 5.32 Å².